The Labute approximate surface area is 284 Å². The second kappa shape index (κ2) is 11.6. The second-order valence-corrected chi connectivity index (χ2v) is 15.6. The standard InChI is InChI=1S/C29H36N8O10S2/c1-26(2)20(23(39)37(26)47-49(42,43)44)34-22(38)19(16-9-48-25(32)33-16)36-46-27(3,24(40)41)18-7-5-14-8-15(4-6-17(14)45-18)21(31)35-29-10-28(11-29,12-29)13-30/h4,6,8-9,18,20H,5,7,10-13,30H2,1-3H3,(H2,31,35)(H2,32,33)(H,34,38)(H,40,41)(H,42,43,44)/b36-19-/t18-,20-,27+,28?,29?/m1/s1. The van der Waals surface area contributed by atoms with Crippen LogP contribution in [0.4, 0.5) is 5.13 Å². The molecule has 7 rings (SSSR count). The summed E-state index contributed by atoms with van der Waals surface area (Å²) in [7, 11) is -5.03. The van der Waals surface area contributed by atoms with Gasteiger partial charge in [-0.1, -0.05) is 5.16 Å². The number of aryl methyl sites for hydroxylation is 1. The average Bonchev–Trinajstić information content (AvgIpc) is 3.43. The van der Waals surface area contributed by atoms with Gasteiger partial charge in [0.1, 0.15) is 23.3 Å². The maximum absolute atomic E-state index is 13.5. The first kappa shape index (κ1) is 34.5. The molecule has 3 saturated carbocycles. The number of carbonyl (C=O) groups excluding carboxylic acids is 2. The number of aromatic nitrogens is 1. The lowest BCUT2D eigenvalue weighted by molar-refractivity contribution is -0.218. The summed E-state index contributed by atoms with van der Waals surface area (Å²) in [5.74, 6) is -2.75. The number of benzene rings is 1. The number of hydrogen-bond acceptors (Lipinski definition) is 14. The first-order valence-corrected chi connectivity index (χ1v) is 17.4. The Hall–Kier alpha value is -4.37. The van der Waals surface area contributed by atoms with Crippen molar-refractivity contribution >= 4 is 56.2 Å². The molecule has 1 aromatic carbocycles. The number of thiazole rings is 1. The van der Waals surface area contributed by atoms with E-state index < -0.39 is 57.2 Å². The summed E-state index contributed by atoms with van der Waals surface area (Å²) in [6.07, 6.45) is 2.37. The molecule has 0 spiro atoms. The van der Waals surface area contributed by atoms with Crippen LogP contribution in [-0.2, 0) is 40.3 Å². The fourth-order valence-electron chi connectivity index (χ4n) is 7.01. The SMILES string of the molecule is CC1(C)[C@H](NC(=O)/C(=N\O[C@](C)(C(=O)O)[C@H]2CCc3cc(C(=N)NC45CC(CN)(C4)C5)ccc3O2)c2csc(N)n2)C(=O)N1OS(=O)(=O)O. The van der Waals surface area contributed by atoms with E-state index in [1.54, 1.807) is 12.1 Å². The fourth-order valence-corrected chi connectivity index (χ4v) is 8.01. The van der Waals surface area contributed by atoms with Gasteiger partial charge in [-0.15, -0.1) is 15.6 Å². The number of hydrogen-bond donors (Lipinski definition) is 7. The third-order valence-electron chi connectivity index (χ3n) is 9.72. The third-order valence-corrected chi connectivity index (χ3v) is 10.7. The van der Waals surface area contributed by atoms with Crippen LogP contribution in [0.25, 0.3) is 0 Å². The molecule has 9 N–H and O–H groups in total. The Morgan fingerprint density at radius 1 is 1.31 bits per heavy atom. The molecule has 0 unspecified atom stereocenters. The molecule has 2 bridgehead atoms. The maximum atomic E-state index is 13.5. The molecule has 3 heterocycles. The van der Waals surface area contributed by atoms with Crippen LogP contribution in [-0.4, -0.2) is 92.8 Å². The average molecular weight is 721 g/mol. The predicted octanol–water partition coefficient (Wildman–Crippen LogP) is 0.319. The quantitative estimate of drug-likeness (QED) is 0.0511. The Bertz CT molecular complexity index is 1880. The smallest absolute Gasteiger partial charge is 0.418 e. The molecular formula is C29H36N8O10S2. The van der Waals surface area contributed by atoms with Gasteiger partial charge < -0.3 is 36.8 Å². The second-order valence-electron chi connectivity index (χ2n) is 13.7. The molecule has 49 heavy (non-hydrogen) atoms. The van der Waals surface area contributed by atoms with Crippen LogP contribution in [0, 0.1) is 10.8 Å². The molecule has 3 aliphatic carbocycles. The van der Waals surface area contributed by atoms with Crippen LogP contribution >= 0.6 is 11.3 Å². The molecule has 264 valence electrons. The molecule has 3 atom stereocenters. The van der Waals surface area contributed by atoms with Crippen LogP contribution in [0.3, 0.4) is 0 Å². The molecule has 2 amide bonds. The molecule has 2 aromatic rings. The molecule has 0 radical (unpaired) electrons. The Balaban J connectivity index is 1.17. The van der Waals surface area contributed by atoms with E-state index in [1.165, 1.54) is 26.2 Å². The number of carboxylic acids is 1. The highest BCUT2D eigenvalue weighted by Gasteiger charge is 2.67. The number of hydroxylamine groups is 2. The number of β-lactam (4-membered cyclic amide) rings is 1. The highest BCUT2D eigenvalue weighted by Crippen LogP contribution is 2.66. The lowest BCUT2D eigenvalue weighted by Crippen LogP contribution is -2.76. The molecule has 1 saturated heterocycles. The number of aliphatic carboxylic acids is 1. The van der Waals surface area contributed by atoms with Gasteiger partial charge in [-0.3, -0.25) is 19.6 Å². The van der Waals surface area contributed by atoms with Crippen LogP contribution in [0.2, 0.25) is 0 Å². The Kier molecular flexibility index (Phi) is 8.17. The zero-order chi connectivity index (χ0) is 35.7. The minimum absolute atomic E-state index is 0.0582. The van der Waals surface area contributed by atoms with Crippen LogP contribution < -0.4 is 26.8 Å². The number of amidine groups is 1. The van der Waals surface area contributed by atoms with Crippen molar-refractivity contribution in [1.29, 1.82) is 5.41 Å². The van der Waals surface area contributed by atoms with Gasteiger partial charge in [0.2, 0.25) is 0 Å². The fraction of sp³-hybridized carbons (Fsp3) is 0.517. The number of nitrogens with one attached hydrogen (secondary N) is 3. The van der Waals surface area contributed by atoms with Gasteiger partial charge >= 0.3 is 16.4 Å². The summed E-state index contributed by atoms with van der Waals surface area (Å²) in [5.41, 5.74) is 9.06. The molecule has 1 aromatic heterocycles. The number of carbonyl (C=O) groups is 3. The van der Waals surface area contributed by atoms with E-state index in [4.69, 9.17) is 31.0 Å². The van der Waals surface area contributed by atoms with Gasteiger partial charge in [0.25, 0.3) is 17.4 Å². The van der Waals surface area contributed by atoms with Gasteiger partial charge in [0.05, 0.1) is 5.54 Å². The summed E-state index contributed by atoms with van der Waals surface area (Å²) in [6, 6.07) is 3.89. The van der Waals surface area contributed by atoms with Crippen molar-refractivity contribution in [3.05, 3.63) is 40.4 Å². The van der Waals surface area contributed by atoms with Gasteiger partial charge in [-0.25, -0.2) is 9.78 Å². The van der Waals surface area contributed by atoms with Crippen molar-refractivity contribution in [3.8, 4) is 5.75 Å². The number of fused-ring (bicyclic) bond motifs is 1. The van der Waals surface area contributed by atoms with Crippen LogP contribution in [0.15, 0.2) is 28.7 Å². The molecule has 2 aliphatic heterocycles. The first-order chi connectivity index (χ1) is 22.8. The number of rotatable bonds is 12. The summed E-state index contributed by atoms with van der Waals surface area (Å²) < 4.78 is 41.7. The van der Waals surface area contributed by atoms with Crippen molar-refractivity contribution in [2.75, 3.05) is 12.3 Å². The molecule has 20 heteroatoms. The number of nitrogens with two attached hydrogens (primary N) is 2. The highest BCUT2D eigenvalue weighted by molar-refractivity contribution is 7.80. The molecule has 18 nitrogen and oxygen atoms in total. The number of oxime groups is 1. The predicted molar refractivity (Wildman–Crippen MR) is 173 cm³/mol. The van der Waals surface area contributed by atoms with E-state index in [0.29, 0.717) is 35.2 Å². The van der Waals surface area contributed by atoms with Crippen molar-refractivity contribution in [2.24, 2.45) is 16.3 Å². The summed E-state index contributed by atoms with van der Waals surface area (Å²) in [6.45, 7) is 4.63. The lowest BCUT2D eigenvalue weighted by atomic mass is 9.39. The van der Waals surface area contributed by atoms with Crippen LogP contribution in [0.5, 0.6) is 5.75 Å². The minimum atomic E-state index is -5.03. The Morgan fingerprint density at radius 3 is 2.57 bits per heavy atom. The normalized spacial score (nSPS) is 28.0. The maximum Gasteiger partial charge on any atom is 0.418 e. The van der Waals surface area contributed by atoms with E-state index in [2.05, 4.69) is 25.1 Å². The topological polar surface area (TPSA) is 282 Å². The van der Waals surface area contributed by atoms with E-state index in [9.17, 15) is 27.9 Å². The number of nitrogen functional groups attached to an aromatic ring is 1. The monoisotopic (exact) mass is 720 g/mol. The van der Waals surface area contributed by atoms with Crippen molar-refractivity contribution < 1.29 is 46.3 Å². The Morgan fingerprint density at radius 2 is 2.00 bits per heavy atom. The molecule has 5 aliphatic rings. The number of carboxylic acid groups (broad SMARTS) is 1. The number of anilines is 1. The first-order valence-electron chi connectivity index (χ1n) is 15.2. The summed E-state index contributed by atoms with van der Waals surface area (Å²) in [4.78, 5) is 48.3. The van der Waals surface area contributed by atoms with Crippen molar-refractivity contribution in [1.82, 2.24) is 20.7 Å². The summed E-state index contributed by atoms with van der Waals surface area (Å²) >= 11 is 0.964. The number of nitrogens with zero attached hydrogens (tertiary/aromatic N) is 3. The molecule has 4 fully saturated rings. The van der Waals surface area contributed by atoms with Gasteiger partial charge in [-0.2, -0.15) is 13.5 Å². The van der Waals surface area contributed by atoms with E-state index in [0.717, 1.165) is 36.2 Å². The van der Waals surface area contributed by atoms with Gasteiger partial charge in [-0.05, 0) is 88.6 Å². The zero-order valence-corrected chi connectivity index (χ0v) is 28.3. The van der Waals surface area contributed by atoms with E-state index >= 15 is 0 Å². The van der Waals surface area contributed by atoms with Crippen molar-refractivity contribution in [2.45, 2.75) is 81.7 Å². The highest BCUT2D eigenvalue weighted by atomic mass is 32.3. The van der Waals surface area contributed by atoms with Gasteiger partial charge in [0.15, 0.2) is 16.9 Å². The lowest BCUT2D eigenvalue weighted by Gasteiger charge is -2.70. The largest absolute Gasteiger partial charge is 0.485 e. The van der Waals surface area contributed by atoms with E-state index in [1.807, 2.05) is 6.07 Å². The zero-order valence-electron chi connectivity index (χ0n) is 26.7. The number of ether oxygens (including phenoxy) is 1. The van der Waals surface area contributed by atoms with E-state index in [-0.39, 0.29) is 28.2 Å². The third kappa shape index (κ3) is 6.07. The molecular weight excluding hydrogens is 684 g/mol. The number of amides is 2. The minimum Gasteiger partial charge on any atom is -0.485 e. The van der Waals surface area contributed by atoms with Crippen molar-refractivity contribution in [3.63, 3.8) is 0 Å². The van der Waals surface area contributed by atoms with Crippen LogP contribution in [0.1, 0.15) is 63.3 Å². The summed E-state index contributed by atoms with van der Waals surface area (Å²) in [5, 5.41) is 30.4. The van der Waals surface area contributed by atoms with Gasteiger partial charge in [0, 0.05) is 16.5 Å².